The molecule has 0 radical (unpaired) electrons. The van der Waals surface area contributed by atoms with Crippen LogP contribution in [0.5, 0.6) is 0 Å². The van der Waals surface area contributed by atoms with Gasteiger partial charge in [0.2, 0.25) is 0 Å². The van der Waals surface area contributed by atoms with Gasteiger partial charge in [0, 0.05) is 0 Å². The standard InChI is InChI=1S/C35H58/c1-28(2)16-12-19-30(4)21-14-23-31(5)22-13-20-29(3)17-10-11-18-32(6)25-26-34-33(7)24-15-27-35(34,8)9/h16-18,21-22,34H,7,10-15,19-20,23-27H2,1-6,8-9H3/b29-17?,30-21?,31-22+,32-18+. The summed E-state index contributed by atoms with van der Waals surface area (Å²) >= 11 is 0. The van der Waals surface area contributed by atoms with Crippen LogP contribution < -0.4 is 0 Å². The summed E-state index contributed by atoms with van der Waals surface area (Å²) in [5, 5.41) is 0. The molecule has 1 fully saturated rings. The molecule has 0 spiro atoms. The van der Waals surface area contributed by atoms with E-state index in [9.17, 15) is 0 Å². The van der Waals surface area contributed by atoms with Crippen LogP contribution in [0.15, 0.2) is 70.4 Å². The summed E-state index contributed by atoms with van der Waals surface area (Å²) in [7, 11) is 0. The third-order valence-corrected chi connectivity index (χ3v) is 7.89. The van der Waals surface area contributed by atoms with Gasteiger partial charge in [-0.05, 0) is 136 Å². The lowest BCUT2D eigenvalue weighted by atomic mass is 9.65. The van der Waals surface area contributed by atoms with Crippen molar-refractivity contribution in [3.8, 4) is 0 Å². The molecule has 0 bridgehead atoms. The van der Waals surface area contributed by atoms with Crippen molar-refractivity contribution in [1.29, 1.82) is 0 Å². The van der Waals surface area contributed by atoms with Crippen LogP contribution in [-0.2, 0) is 0 Å². The van der Waals surface area contributed by atoms with Gasteiger partial charge in [0.1, 0.15) is 0 Å². The molecule has 0 aromatic rings. The molecule has 1 aliphatic carbocycles. The monoisotopic (exact) mass is 478 g/mol. The van der Waals surface area contributed by atoms with Crippen LogP contribution >= 0.6 is 0 Å². The van der Waals surface area contributed by atoms with Crippen LogP contribution in [0.2, 0.25) is 0 Å². The van der Waals surface area contributed by atoms with Gasteiger partial charge in [0.15, 0.2) is 0 Å². The Kier molecular flexibility index (Phi) is 15.3. The quantitative estimate of drug-likeness (QED) is 0.162. The van der Waals surface area contributed by atoms with Gasteiger partial charge in [-0.15, -0.1) is 0 Å². The van der Waals surface area contributed by atoms with Crippen LogP contribution in [0, 0.1) is 11.3 Å². The van der Waals surface area contributed by atoms with Crippen LogP contribution in [0.3, 0.4) is 0 Å². The molecule has 0 heterocycles. The van der Waals surface area contributed by atoms with Crippen molar-refractivity contribution in [2.24, 2.45) is 11.3 Å². The van der Waals surface area contributed by atoms with Gasteiger partial charge >= 0.3 is 0 Å². The highest BCUT2D eigenvalue weighted by Crippen LogP contribution is 2.45. The van der Waals surface area contributed by atoms with Crippen LogP contribution in [0.1, 0.15) is 139 Å². The van der Waals surface area contributed by atoms with Gasteiger partial charge in [-0.2, -0.15) is 0 Å². The minimum absolute atomic E-state index is 0.434. The molecule has 0 N–H and O–H groups in total. The van der Waals surface area contributed by atoms with Gasteiger partial charge in [0.25, 0.3) is 0 Å². The topological polar surface area (TPSA) is 0 Å². The Morgan fingerprint density at radius 2 is 1.11 bits per heavy atom. The van der Waals surface area contributed by atoms with Gasteiger partial charge in [-0.1, -0.05) is 84.2 Å². The van der Waals surface area contributed by atoms with Crippen LogP contribution in [0.4, 0.5) is 0 Å². The highest BCUT2D eigenvalue weighted by atomic mass is 14.4. The van der Waals surface area contributed by atoms with E-state index in [1.54, 1.807) is 5.57 Å². The summed E-state index contributed by atoms with van der Waals surface area (Å²) < 4.78 is 0. The largest absolute Gasteiger partial charge is 0.0996 e. The molecular formula is C35H58. The van der Waals surface area contributed by atoms with Crippen molar-refractivity contribution in [2.75, 3.05) is 0 Å². The Balaban J connectivity index is 2.27. The van der Waals surface area contributed by atoms with E-state index < -0.39 is 0 Å². The lowest BCUT2D eigenvalue weighted by molar-refractivity contribution is 0.180. The fourth-order valence-electron chi connectivity index (χ4n) is 5.39. The molecular weight excluding hydrogens is 420 g/mol. The first-order valence-electron chi connectivity index (χ1n) is 14.4. The zero-order chi connectivity index (χ0) is 26.3. The number of allylic oxidation sites excluding steroid dienone is 11. The predicted molar refractivity (Wildman–Crippen MR) is 161 cm³/mol. The first-order chi connectivity index (χ1) is 16.5. The minimum Gasteiger partial charge on any atom is -0.0996 e. The third-order valence-electron chi connectivity index (χ3n) is 7.89. The molecule has 198 valence electrons. The van der Waals surface area contributed by atoms with Crippen molar-refractivity contribution < 1.29 is 0 Å². The smallest absolute Gasteiger partial charge is 0.0152 e. The number of unbranched alkanes of at least 4 members (excludes halogenated alkanes) is 1. The van der Waals surface area contributed by atoms with Gasteiger partial charge < -0.3 is 0 Å². The van der Waals surface area contributed by atoms with E-state index in [4.69, 9.17) is 0 Å². The molecule has 35 heavy (non-hydrogen) atoms. The Bertz CT molecular complexity index is 786. The molecule has 1 unspecified atom stereocenters. The molecule has 1 saturated carbocycles. The lowest BCUT2D eigenvalue weighted by Gasteiger charge is -2.40. The maximum atomic E-state index is 4.40. The van der Waals surface area contributed by atoms with Crippen molar-refractivity contribution >= 4 is 0 Å². The summed E-state index contributed by atoms with van der Waals surface area (Å²) in [6, 6.07) is 0. The van der Waals surface area contributed by atoms with E-state index in [1.165, 1.54) is 111 Å². The second-order valence-electron chi connectivity index (χ2n) is 12.3. The maximum Gasteiger partial charge on any atom is -0.0152 e. The van der Waals surface area contributed by atoms with Crippen molar-refractivity contribution in [2.45, 2.75) is 139 Å². The zero-order valence-corrected chi connectivity index (χ0v) is 24.9. The molecule has 0 aromatic carbocycles. The van der Waals surface area contributed by atoms with E-state index in [-0.39, 0.29) is 0 Å². The highest BCUT2D eigenvalue weighted by Gasteiger charge is 2.33. The van der Waals surface area contributed by atoms with E-state index in [0.29, 0.717) is 11.3 Å². The van der Waals surface area contributed by atoms with E-state index >= 15 is 0 Å². The Morgan fingerprint density at radius 3 is 1.57 bits per heavy atom. The van der Waals surface area contributed by atoms with Crippen LogP contribution in [0.25, 0.3) is 0 Å². The average Bonchev–Trinajstić information content (AvgIpc) is 2.75. The maximum absolute atomic E-state index is 4.40. The number of hydrogen-bond acceptors (Lipinski definition) is 0. The Labute approximate surface area is 220 Å². The fourth-order valence-corrected chi connectivity index (χ4v) is 5.39. The summed E-state index contributed by atoms with van der Waals surface area (Å²) in [6.07, 6.45) is 28.0. The van der Waals surface area contributed by atoms with E-state index in [2.05, 4.69) is 92.3 Å². The van der Waals surface area contributed by atoms with Gasteiger partial charge in [-0.3, -0.25) is 0 Å². The molecule has 0 amide bonds. The summed E-state index contributed by atoms with van der Waals surface area (Å²) in [6.45, 7) is 22.8. The average molecular weight is 479 g/mol. The van der Waals surface area contributed by atoms with Gasteiger partial charge in [0.05, 0.1) is 0 Å². The molecule has 1 rings (SSSR count). The first kappa shape index (κ1) is 31.5. The Hall–Kier alpha value is -1.56. The minimum atomic E-state index is 0.434. The molecule has 0 heteroatoms. The van der Waals surface area contributed by atoms with Crippen molar-refractivity contribution in [1.82, 2.24) is 0 Å². The lowest BCUT2D eigenvalue weighted by Crippen LogP contribution is -2.29. The van der Waals surface area contributed by atoms with Gasteiger partial charge in [-0.25, -0.2) is 0 Å². The Morgan fingerprint density at radius 1 is 0.686 bits per heavy atom. The molecule has 0 saturated heterocycles. The van der Waals surface area contributed by atoms with Crippen molar-refractivity contribution in [3.05, 3.63) is 70.4 Å². The van der Waals surface area contributed by atoms with Crippen LogP contribution in [-0.4, -0.2) is 0 Å². The van der Waals surface area contributed by atoms with E-state index in [0.717, 1.165) is 0 Å². The normalized spacial score (nSPS) is 19.8. The second-order valence-corrected chi connectivity index (χ2v) is 12.3. The number of hydrogen-bond donors (Lipinski definition) is 0. The SMILES string of the molecule is C=C1CCCC(C)(C)C1CC/C(C)=C/CCC=C(C)CC/C=C(\C)CCC=C(C)CCC=C(C)C. The second kappa shape index (κ2) is 17.0. The zero-order valence-electron chi connectivity index (χ0n) is 24.9. The molecule has 1 atom stereocenters. The summed E-state index contributed by atoms with van der Waals surface area (Å²) in [4.78, 5) is 0. The number of rotatable bonds is 15. The highest BCUT2D eigenvalue weighted by molar-refractivity contribution is 5.11. The molecule has 0 nitrogen and oxygen atoms in total. The van der Waals surface area contributed by atoms with Crippen molar-refractivity contribution in [3.63, 3.8) is 0 Å². The molecule has 0 aliphatic heterocycles. The first-order valence-corrected chi connectivity index (χ1v) is 14.4. The predicted octanol–water partition coefficient (Wildman–Crippen LogP) is 12.0. The molecule has 0 aromatic heterocycles. The molecule has 1 aliphatic rings. The van der Waals surface area contributed by atoms with E-state index in [1.807, 2.05) is 0 Å². The fraction of sp³-hybridized carbons (Fsp3) is 0.657. The summed E-state index contributed by atoms with van der Waals surface area (Å²) in [5.74, 6) is 0.700. The third kappa shape index (κ3) is 14.6. The summed E-state index contributed by atoms with van der Waals surface area (Å²) in [5.41, 5.74) is 9.52.